The first-order chi connectivity index (χ1) is 7.58. The monoisotopic (exact) mass is 297 g/mol. The summed E-state index contributed by atoms with van der Waals surface area (Å²) in [4.78, 5) is 4.43. The van der Waals surface area contributed by atoms with Crippen molar-refractivity contribution in [3.8, 4) is 11.3 Å². The van der Waals surface area contributed by atoms with Gasteiger partial charge in [0, 0.05) is 15.4 Å². The molecule has 0 aliphatic heterocycles. The van der Waals surface area contributed by atoms with Crippen molar-refractivity contribution in [2.45, 2.75) is 20.0 Å². The van der Waals surface area contributed by atoms with Crippen LogP contribution in [-0.4, -0.2) is 10.1 Å². The molecule has 16 heavy (non-hydrogen) atoms. The van der Waals surface area contributed by atoms with Crippen LogP contribution in [0.1, 0.15) is 23.6 Å². The lowest BCUT2D eigenvalue weighted by molar-refractivity contribution is 0.199. The number of aliphatic hydroxyl groups excluding tert-OH is 1. The van der Waals surface area contributed by atoms with E-state index in [0.29, 0.717) is 0 Å². The van der Waals surface area contributed by atoms with E-state index in [4.69, 9.17) is 0 Å². The summed E-state index contributed by atoms with van der Waals surface area (Å²) >= 11 is 4.95. The van der Waals surface area contributed by atoms with Crippen LogP contribution in [0.4, 0.5) is 0 Å². The van der Waals surface area contributed by atoms with Crippen molar-refractivity contribution < 1.29 is 5.11 Å². The first kappa shape index (κ1) is 11.8. The standard InChI is InChI=1S/C12H12BrNOS/c1-7-3-4-9(13)5-10(7)11-6-16-12(14-11)8(2)15/h3-6,8,15H,1-2H3. The Hall–Kier alpha value is -0.710. The normalized spacial score (nSPS) is 12.8. The van der Waals surface area contributed by atoms with Crippen LogP contribution in [0.2, 0.25) is 0 Å². The largest absolute Gasteiger partial charge is 0.386 e. The van der Waals surface area contributed by atoms with Gasteiger partial charge in [-0.25, -0.2) is 4.98 Å². The zero-order valence-electron chi connectivity index (χ0n) is 9.07. The quantitative estimate of drug-likeness (QED) is 0.911. The van der Waals surface area contributed by atoms with Crippen LogP contribution in [-0.2, 0) is 0 Å². The van der Waals surface area contributed by atoms with Gasteiger partial charge in [-0.1, -0.05) is 22.0 Å². The molecular weight excluding hydrogens is 286 g/mol. The lowest BCUT2D eigenvalue weighted by atomic mass is 10.1. The summed E-state index contributed by atoms with van der Waals surface area (Å²) in [6.07, 6.45) is -0.494. The maximum atomic E-state index is 9.45. The fraction of sp³-hybridized carbons (Fsp3) is 0.250. The van der Waals surface area contributed by atoms with E-state index >= 15 is 0 Å². The average Bonchev–Trinajstić information content (AvgIpc) is 2.70. The maximum Gasteiger partial charge on any atom is 0.122 e. The minimum Gasteiger partial charge on any atom is -0.386 e. The van der Waals surface area contributed by atoms with Crippen LogP contribution in [0.15, 0.2) is 28.1 Å². The molecule has 0 fully saturated rings. The number of halogens is 1. The lowest BCUT2D eigenvalue weighted by Gasteiger charge is -2.03. The average molecular weight is 298 g/mol. The lowest BCUT2D eigenvalue weighted by Crippen LogP contribution is -1.90. The second-order valence-electron chi connectivity index (χ2n) is 3.71. The summed E-state index contributed by atoms with van der Waals surface area (Å²) < 4.78 is 1.04. The van der Waals surface area contributed by atoms with E-state index in [-0.39, 0.29) is 0 Å². The van der Waals surface area contributed by atoms with Gasteiger partial charge >= 0.3 is 0 Å². The van der Waals surface area contributed by atoms with E-state index in [9.17, 15) is 5.11 Å². The summed E-state index contributed by atoms with van der Waals surface area (Å²) in [6.45, 7) is 3.79. The van der Waals surface area contributed by atoms with Gasteiger partial charge in [0.05, 0.1) is 5.69 Å². The number of rotatable bonds is 2. The third-order valence-corrected chi connectivity index (χ3v) is 3.86. The molecule has 84 valence electrons. The summed E-state index contributed by atoms with van der Waals surface area (Å²) in [7, 11) is 0. The number of aromatic nitrogens is 1. The molecule has 0 aliphatic rings. The zero-order valence-corrected chi connectivity index (χ0v) is 11.5. The van der Waals surface area contributed by atoms with Gasteiger partial charge in [-0.05, 0) is 31.5 Å². The Labute approximate surface area is 107 Å². The SMILES string of the molecule is Cc1ccc(Br)cc1-c1csc(C(C)O)n1. The third kappa shape index (κ3) is 2.34. The minimum absolute atomic E-state index is 0.494. The van der Waals surface area contributed by atoms with Crippen molar-refractivity contribution in [1.29, 1.82) is 0 Å². The molecule has 2 rings (SSSR count). The van der Waals surface area contributed by atoms with Crippen LogP contribution in [0.25, 0.3) is 11.3 Å². The summed E-state index contributed by atoms with van der Waals surface area (Å²) in [5.41, 5.74) is 3.22. The Morgan fingerprint density at radius 3 is 2.81 bits per heavy atom. The van der Waals surface area contributed by atoms with E-state index in [1.807, 2.05) is 11.4 Å². The van der Waals surface area contributed by atoms with Gasteiger partial charge in [-0.2, -0.15) is 0 Å². The van der Waals surface area contributed by atoms with Gasteiger partial charge in [0.15, 0.2) is 0 Å². The summed E-state index contributed by atoms with van der Waals surface area (Å²) in [5, 5.41) is 12.2. The number of aliphatic hydroxyl groups is 1. The van der Waals surface area contributed by atoms with Crippen LogP contribution < -0.4 is 0 Å². The minimum atomic E-state index is -0.494. The van der Waals surface area contributed by atoms with Gasteiger partial charge in [0.2, 0.25) is 0 Å². The molecule has 1 unspecified atom stereocenters. The molecule has 1 aromatic heterocycles. The van der Waals surface area contributed by atoms with Crippen LogP contribution in [0, 0.1) is 6.92 Å². The second kappa shape index (κ2) is 4.65. The summed E-state index contributed by atoms with van der Waals surface area (Å²) in [6, 6.07) is 6.12. The number of hydrogen-bond donors (Lipinski definition) is 1. The molecule has 2 nitrogen and oxygen atoms in total. The van der Waals surface area contributed by atoms with Gasteiger partial charge in [0.1, 0.15) is 11.1 Å². The van der Waals surface area contributed by atoms with Crippen molar-refractivity contribution in [3.63, 3.8) is 0 Å². The van der Waals surface area contributed by atoms with Gasteiger partial charge in [-0.15, -0.1) is 11.3 Å². The van der Waals surface area contributed by atoms with Crippen LogP contribution >= 0.6 is 27.3 Å². The molecule has 4 heteroatoms. The highest BCUT2D eigenvalue weighted by molar-refractivity contribution is 9.10. The highest BCUT2D eigenvalue weighted by Gasteiger charge is 2.10. The molecule has 0 radical (unpaired) electrons. The molecule has 1 atom stereocenters. The fourth-order valence-corrected chi connectivity index (χ4v) is 2.59. The fourth-order valence-electron chi connectivity index (χ4n) is 1.47. The number of hydrogen-bond acceptors (Lipinski definition) is 3. The highest BCUT2D eigenvalue weighted by atomic mass is 79.9. The zero-order chi connectivity index (χ0) is 11.7. The molecule has 2 aromatic rings. The Bertz CT molecular complexity index is 507. The highest BCUT2D eigenvalue weighted by Crippen LogP contribution is 2.29. The number of thiazole rings is 1. The molecule has 0 aliphatic carbocycles. The van der Waals surface area contributed by atoms with Crippen molar-refractivity contribution in [1.82, 2.24) is 4.98 Å². The van der Waals surface area contributed by atoms with Gasteiger partial charge in [-0.3, -0.25) is 0 Å². The molecule has 0 saturated carbocycles. The molecule has 0 bridgehead atoms. The Morgan fingerprint density at radius 2 is 2.19 bits per heavy atom. The van der Waals surface area contributed by atoms with Crippen molar-refractivity contribution in [2.24, 2.45) is 0 Å². The third-order valence-electron chi connectivity index (χ3n) is 2.35. The molecule has 1 N–H and O–H groups in total. The smallest absolute Gasteiger partial charge is 0.122 e. The van der Waals surface area contributed by atoms with Crippen LogP contribution in [0.3, 0.4) is 0 Å². The van der Waals surface area contributed by atoms with Crippen LogP contribution in [0.5, 0.6) is 0 Å². The predicted molar refractivity (Wildman–Crippen MR) is 70.6 cm³/mol. The molecule has 1 aromatic carbocycles. The molecule has 0 saturated heterocycles. The summed E-state index contributed by atoms with van der Waals surface area (Å²) in [5.74, 6) is 0. The Kier molecular flexibility index (Phi) is 3.42. The van der Waals surface area contributed by atoms with Gasteiger partial charge < -0.3 is 5.11 Å². The van der Waals surface area contributed by atoms with E-state index in [2.05, 4.69) is 40.0 Å². The first-order valence-corrected chi connectivity index (χ1v) is 6.65. The molecule has 0 amide bonds. The van der Waals surface area contributed by atoms with E-state index in [1.165, 1.54) is 16.9 Å². The number of nitrogens with zero attached hydrogens (tertiary/aromatic N) is 1. The Balaban J connectivity index is 2.46. The van der Waals surface area contributed by atoms with Crippen molar-refractivity contribution >= 4 is 27.3 Å². The van der Waals surface area contributed by atoms with E-state index < -0.39 is 6.10 Å². The van der Waals surface area contributed by atoms with Crippen molar-refractivity contribution in [2.75, 3.05) is 0 Å². The van der Waals surface area contributed by atoms with Crippen molar-refractivity contribution in [3.05, 3.63) is 38.6 Å². The second-order valence-corrected chi connectivity index (χ2v) is 5.51. The Morgan fingerprint density at radius 1 is 1.44 bits per heavy atom. The molecule has 0 spiro atoms. The topological polar surface area (TPSA) is 33.1 Å². The maximum absolute atomic E-state index is 9.45. The van der Waals surface area contributed by atoms with E-state index in [0.717, 1.165) is 20.7 Å². The molecule has 1 heterocycles. The van der Waals surface area contributed by atoms with Gasteiger partial charge in [0.25, 0.3) is 0 Å². The van der Waals surface area contributed by atoms with E-state index in [1.54, 1.807) is 6.92 Å². The number of aryl methyl sites for hydroxylation is 1. The number of benzene rings is 1. The first-order valence-electron chi connectivity index (χ1n) is 4.98. The molecular formula is C12H12BrNOS. The predicted octanol–water partition coefficient (Wildman–Crippen LogP) is 3.93.